The molecular formula is C15H12BrN3OS. The molecule has 4 nitrogen and oxygen atoms in total. The van der Waals surface area contributed by atoms with Crippen molar-refractivity contribution in [3.63, 3.8) is 0 Å². The van der Waals surface area contributed by atoms with Gasteiger partial charge in [-0.3, -0.25) is 4.79 Å². The molecule has 0 saturated heterocycles. The molecule has 0 saturated carbocycles. The van der Waals surface area contributed by atoms with Crippen molar-refractivity contribution >= 4 is 39.1 Å². The monoisotopic (exact) mass is 361 g/mol. The third-order valence-electron chi connectivity index (χ3n) is 3.20. The van der Waals surface area contributed by atoms with Crippen LogP contribution in [0.25, 0.3) is 5.65 Å². The van der Waals surface area contributed by atoms with E-state index < -0.39 is 0 Å². The number of carbonyl (C=O) groups excluding carboxylic acids is 1. The molecule has 2 heterocycles. The van der Waals surface area contributed by atoms with Gasteiger partial charge in [-0.1, -0.05) is 15.9 Å². The molecule has 0 spiro atoms. The van der Waals surface area contributed by atoms with Gasteiger partial charge in [-0.15, -0.1) is 11.8 Å². The Balaban J connectivity index is 2.21. The first-order valence-corrected chi connectivity index (χ1v) is 8.32. The molecule has 3 aromatic rings. The second kappa shape index (κ2) is 5.61. The van der Waals surface area contributed by atoms with Crippen LogP contribution in [-0.2, 0) is 0 Å². The van der Waals surface area contributed by atoms with Crippen molar-refractivity contribution in [2.45, 2.75) is 11.9 Å². The Labute approximate surface area is 134 Å². The number of halogens is 1. The minimum atomic E-state index is -0.0331. The highest BCUT2D eigenvalue weighted by Gasteiger charge is 2.20. The maximum absolute atomic E-state index is 12.8. The molecule has 0 bridgehead atoms. The molecule has 21 heavy (non-hydrogen) atoms. The van der Waals surface area contributed by atoms with Crippen LogP contribution >= 0.6 is 27.7 Å². The molecule has 0 aliphatic carbocycles. The van der Waals surface area contributed by atoms with Crippen molar-refractivity contribution in [3.8, 4) is 0 Å². The van der Waals surface area contributed by atoms with E-state index in [0.29, 0.717) is 11.1 Å². The Hall–Kier alpha value is -1.66. The first kappa shape index (κ1) is 14.3. The maximum Gasteiger partial charge on any atom is 0.197 e. The SMILES string of the molecule is CSc1c(C(=O)c2ccc(Br)cc2)c(C)nc2ccnn12. The number of rotatable bonds is 3. The Bertz CT molecular complexity index is 827. The standard InChI is InChI=1S/C15H12BrN3OS/c1-9-13(14(20)10-3-5-11(16)6-4-10)15(21-2)19-12(18-9)7-8-17-19/h3-8H,1-2H3. The number of ketones is 1. The van der Waals surface area contributed by atoms with Crippen LogP contribution in [0.3, 0.4) is 0 Å². The third kappa shape index (κ3) is 2.49. The Morgan fingerprint density at radius 1 is 1.24 bits per heavy atom. The molecule has 0 atom stereocenters. The number of hydrogen-bond donors (Lipinski definition) is 0. The molecule has 6 heteroatoms. The summed E-state index contributed by atoms with van der Waals surface area (Å²) in [5.41, 5.74) is 2.73. The predicted molar refractivity (Wildman–Crippen MR) is 87.1 cm³/mol. The zero-order valence-electron chi connectivity index (χ0n) is 11.5. The summed E-state index contributed by atoms with van der Waals surface area (Å²) >= 11 is 4.88. The Kier molecular flexibility index (Phi) is 3.82. The predicted octanol–water partition coefficient (Wildman–Crippen LogP) is 3.75. The topological polar surface area (TPSA) is 47.3 Å². The largest absolute Gasteiger partial charge is 0.288 e. The third-order valence-corrected chi connectivity index (χ3v) is 4.49. The van der Waals surface area contributed by atoms with Gasteiger partial charge in [0.05, 0.1) is 17.5 Å². The number of benzene rings is 1. The van der Waals surface area contributed by atoms with Gasteiger partial charge in [0.1, 0.15) is 5.03 Å². The van der Waals surface area contributed by atoms with Gasteiger partial charge >= 0.3 is 0 Å². The van der Waals surface area contributed by atoms with Gasteiger partial charge in [0.25, 0.3) is 0 Å². The summed E-state index contributed by atoms with van der Waals surface area (Å²) < 4.78 is 2.66. The zero-order valence-corrected chi connectivity index (χ0v) is 13.9. The summed E-state index contributed by atoms with van der Waals surface area (Å²) in [7, 11) is 0. The number of aryl methyl sites for hydroxylation is 1. The van der Waals surface area contributed by atoms with E-state index >= 15 is 0 Å². The van der Waals surface area contributed by atoms with Crippen LogP contribution in [0.5, 0.6) is 0 Å². The second-order valence-electron chi connectivity index (χ2n) is 4.52. The van der Waals surface area contributed by atoms with Crippen molar-refractivity contribution in [1.29, 1.82) is 0 Å². The van der Waals surface area contributed by atoms with Crippen LogP contribution in [0.2, 0.25) is 0 Å². The number of hydrogen-bond acceptors (Lipinski definition) is 4. The van der Waals surface area contributed by atoms with Crippen LogP contribution in [0.1, 0.15) is 21.6 Å². The van der Waals surface area contributed by atoms with E-state index in [-0.39, 0.29) is 5.78 Å². The number of nitrogens with zero attached hydrogens (tertiary/aromatic N) is 3. The molecule has 3 rings (SSSR count). The first-order valence-electron chi connectivity index (χ1n) is 6.30. The fourth-order valence-electron chi connectivity index (χ4n) is 2.22. The summed E-state index contributed by atoms with van der Waals surface area (Å²) in [6.07, 6.45) is 3.63. The maximum atomic E-state index is 12.8. The van der Waals surface area contributed by atoms with Crippen molar-refractivity contribution in [3.05, 3.63) is 57.8 Å². The number of thioether (sulfide) groups is 1. The first-order chi connectivity index (χ1) is 10.1. The highest BCUT2D eigenvalue weighted by atomic mass is 79.9. The van der Waals surface area contributed by atoms with Crippen LogP contribution in [0.4, 0.5) is 0 Å². The summed E-state index contributed by atoms with van der Waals surface area (Å²) in [5.74, 6) is -0.0331. The molecule has 106 valence electrons. The van der Waals surface area contributed by atoms with Crippen molar-refractivity contribution in [2.75, 3.05) is 6.26 Å². The van der Waals surface area contributed by atoms with Crippen LogP contribution < -0.4 is 0 Å². The molecule has 0 radical (unpaired) electrons. The fourth-order valence-corrected chi connectivity index (χ4v) is 3.24. The summed E-state index contributed by atoms with van der Waals surface area (Å²) in [6, 6.07) is 9.18. The van der Waals surface area contributed by atoms with Crippen molar-refractivity contribution in [1.82, 2.24) is 14.6 Å². The quantitative estimate of drug-likeness (QED) is 0.404. The lowest BCUT2D eigenvalue weighted by molar-refractivity contribution is 0.103. The molecule has 1 aromatic carbocycles. The smallest absolute Gasteiger partial charge is 0.197 e. The van der Waals surface area contributed by atoms with Gasteiger partial charge < -0.3 is 0 Å². The summed E-state index contributed by atoms with van der Waals surface area (Å²) in [6.45, 7) is 1.86. The number of aromatic nitrogens is 3. The van der Waals surface area contributed by atoms with Crippen LogP contribution in [-0.4, -0.2) is 26.6 Å². The molecule has 0 aliphatic heterocycles. The van der Waals surface area contributed by atoms with E-state index in [1.807, 2.05) is 43.5 Å². The average Bonchev–Trinajstić information content (AvgIpc) is 2.93. The molecule has 0 unspecified atom stereocenters. The molecule has 0 amide bonds. The molecule has 0 fully saturated rings. The summed E-state index contributed by atoms with van der Waals surface area (Å²) in [4.78, 5) is 17.3. The fraction of sp³-hybridized carbons (Fsp3) is 0.133. The van der Waals surface area contributed by atoms with E-state index in [0.717, 1.165) is 20.8 Å². The van der Waals surface area contributed by atoms with E-state index in [2.05, 4.69) is 26.0 Å². The van der Waals surface area contributed by atoms with Gasteiger partial charge in [-0.25, -0.2) is 9.50 Å². The van der Waals surface area contributed by atoms with Gasteiger partial charge in [0, 0.05) is 16.1 Å². The van der Waals surface area contributed by atoms with E-state index in [1.165, 1.54) is 11.8 Å². The lowest BCUT2D eigenvalue weighted by atomic mass is 10.0. The van der Waals surface area contributed by atoms with Gasteiger partial charge in [0.2, 0.25) is 0 Å². The highest BCUT2D eigenvalue weighted by molar-refractivity contribution is 9.10. The van der Waals surface area contributed by atoms with E-state index in [4.69, 9.17) is 0 Å². The van der Waals surface area contributed by atoms with Gasteiger partial charge in [-0.05, 0) is 37.4 Å². The highest BCUT2D eigenvalue weighted by Crippen LogP contribution is 2.26. The zero-order chi connectivity index (χ0) is 15.0. The Morgan fingerprint density at radius 2 is 1.95 bits per heavy atom. The van der Waals surface area contributed by atoms with Gasteiger partial charge in [0.15, 0.2) is 11.4 Å². The minimum Gasteiger partial charge on any atom is -0.288 e. The molecule has 0 N–H and O–H groups in total. The lowest BCUT2D eigenvalue weighted by Gasteiger charge is -2.11. The molecular weight excluding hydrogens is 350 g/mol. The normalized spacial score (nSPS) is 11.0. The molecule has 2 aromatic heterocycles. The lowest BCUT2D eigenvalue weighted by Crippen LogP contribution is -2.11. The second-order valence-corrected chi connectivity index (χ2v) is 6.23. The number of carbonyl (C=O) groups is 1. The van der Waals surface area contributed by atoms with Gasteiger partial charge in [-0.2, -0.15) is 5.10 Å². The van der Waals surface area contributed by atoms with Crippen LogP contribution in [0, 0.1) is 6.92 Å². The van der Waals surface area contributed by atoms with E-state index in [1.54, 1.807) is 10.7 Å². The minimum absolute atomic E-state index is 0.0331. The van der Waals surface area contributed by atoms with Crippen molar-refractivity contribution < 1.29 is 4.79 Å². The van der Waals surface area contributed by atoms with Crippen molar-refractivity contribution in [2.24, 2.45) is 0 Å². The molecule has 0 aliphatic rings. The summed E-state index contributed by atoms with van der Waals surface area (Å²) in [5, 5.41) is 5.07. The number of fused-ring (bicyclic) bond motifs is 1. The van der Waals surface area contributed by atoms with Crippen LogP contribution in [0.15, 0.2) is 46.0 Å². The Morgan fingerprint density at radius 3 is 2.62 bits per heavy atom. The average molecular weight is 362 g/mol. The van der Waals surface area contributed by atoms with E-state index in [9.17, 15) is 4.79 Å².